The Morgan fingerprint density at radius 2 is 1.60 bits per heavy atom. The third-order valence-corrected chi connectivity index (χ3v) is 3.01. The molecule has 9 N–H and O–H groups in total. The molecule has 142 valence electrons. The van der Waals surface area contributed by atoms with Crippen LogP contribution >= 0.6 is 0 Å². The van der Waals surface area contributed by atoms with Crippen LogP contribution in [0.2, 0.25) is 0 Å². The minimum atomic E-state index is -1.96. The van der Waals surface area contributed by atoms with Gasteiger partial charge in [0, 0.05) is 12.4 Å². The molecule has 0 bridgehead atoms. The minimum Gasteiger partial charge on any atom is -0.481 e. The Bertz CT molecular complexity index is 528. The number of carbonyl (C=O) groups excluding carboxylic acids is 1. The Morgan fingerprint density at radius 3 is 1.96 bits per heavy atom. The molecule has 0 saturated carbocycles. The zero-order chi connectivity index (χ0) is 19.6. The standard InChI is InChI=1S/C8H16O8.C6H6N2O/c9-2-4(11)7(15)8(16)6(14)3(10)1-5(12)13;7-6(9)5-2-1-3-8-4-5/h3-4,6-11,14-16H,1-2H2,(H,12,13);1-4H,(H2,7,9)/t3?,4-,6+,7-,8-;/m1./s1. The van der Waals surface area contributed by atoms with E-state index in [-0.39, 0.29) is 0 Å². The number of rotatable bonds is 8. The number of carboxylic acid groups (broad SMARTS) is 1. The SMILES string of the molecule is NC(=O)c1cccnc1.O=C(O)CC(O)[C@H](O)[C@@H](O)[C@H](O)[C@H](O)CO. The van der Waals surface area contributed by atoms with Crippen LogP contribution in [0.5, 0.6) is 0 Å². The predicted octanol–water partition coefficient (Wildman–Crippen LogP) is -3.56. The first-order valence-electron chi connectivity index (χ1n) is 7.04. The lowest BCUT2D eigenvalue weighted by molar-refractivity contribution is -0.153. The van der Waals surface area contributed by atoms with E-state index in [4.69, 9.17) is 31.3 Å². The monoisotopic (exact) mass is 362 g/mol. The van der Waals surface area contributed by atoms with Crippen molar-refractivity contribution < 1.29 is 45.3 Å². The fourth-order valence-electron chi connectivity index (χ4n) is 1.57. The molecular weight excluding hydrogens is 340 g/mol. The molecule has 11 heteroatoms. The number of aliphatic carboxylic acids is 1. The summed E-state index contributed by atoms with van der Waals surface area (Å²) >= 11 is 0. The topological polar surface area (TPSA) is 215 Å². The first kappa shape index (κ1) is 22.9. The highest BCUT2D eigenvalue weighted by Crippen LogP contribution is 2.10. The number of aliphatic hydroxyl groups is 6. The second-order valence-electron chi connectivity index (χ2n) is 4.99. The van der Waals surface area contributed by atoms with E-state index in [0.717, 1.165) is 0 Å². The molecule has 0 aliphatic rings. The Hall–Kier alpha value is -2.15. The summed E-state index contributed by atoms with van der Waals surface area (Å²) in [6.45, 7) is -0.847. The number of pyridine rings is 1. The Kier molecular flexibility index (Phi) is 10.4. The highest BCUT2D eigenvalue weighted by Gasteiger charge is 2.34. The van der Waals surface area contributed by atoms with Gasteiger partial charge in [-0.2, -0.15) is 0 Å². The van der Waals surface area contributed by atoms with E-state index >= 15 is 0 Å². The average molecular weight is 362 g/mol. The van der Waals surface area contributed by atoms with E-state index in [2.05, 4.69) is 4.98 Å². The van der Waals surface area contributed by atoms with Crippen molar-refractivity contribution in [1.29, 1.82) is 0 Å². The highest BCUT2D eigenvalue weighted by atomic mass is 16.4. The van der Waals surface area contributed by atoms with E-state index < -0.39 is 55.4 Å². The van der Waals surface area contributed by atoms with Gasteiger partial charge in [-0.25, -0.2) is 0 Å². The number of amides is 1. The van der Waals surface area contributed by atoms with Crippen molar-refractivity contribution in [3.63, 3.8) is 0 Å². The number of hydrogen-bond acceptors (Lipinski definition) is 9. The second-order valence-corrected chi connectivity index (χ2v) is 4.99. The third-order valence-electron chi connectivity index (χ3n) is 3.01. The lowest BCUT2D eigenvalue weighted by atomic mass is 9.98. The van der Waals surface area contributed by atoms with Gasteiger partial charge < -0.3 is 41.5 Å². The molecule has 0 fully saturated rings. The predicted molar refractivity (Wildman–Crippen MR) is 82.1 cm³/mol. The van der Waals surface area contributed by atoms with E-state index in [9.17, 15) is 19.8 Å². The van der Waals surface area contributed by atoms with E-state index in [1.807, 2.05) is 0 Å². The lowest BCUT2D eigenvalue weighted by Crippen LogP contribution is -2.50. The maximum atomic E-state index is 10.4. The molecule has 1 aromatic heterocycles. The van der Waals surface area contributed by atoms with Crippen LogP contribution < -0.4 is 5.73 Å². The van der Waals surface area contributed by atoms with Crippen LogP contribution in [0.1, 0.15) is 16.8 Å². The van der Waals surface area contributed by atoms with Gasteiger partial charge in [0.05, 0.1) is 24.7 Å². The number of carboxylic acids is 1. The Morgan fingerprint density at radius 1 is 1.04 bits per heavy atom. The van der Waals surface area contributed by atoms with Crippen LogP contribution in [0.4, 0.5) is 0 Å². The number of hydrogen-bond donors (Lipinski definition) is 8. The van der Waals surface area contributed by atoms with Crippen LogP contribution in [0.25, 0.3) is 0 Å². The Balaban J connectivity index is 0.000000535. The summed E-state index contributed by atoms with van der Waals surface area (Å²) in [6, 6.07) is 3.29. The molecule has 1 aromatic rings. The summed E-state index contributed by atoms with van der Waals surface area (Å²) in [5.41, 5.74) is 5.38. The number of aromatic nitrogens is 1. The minimum absolute atomic E-state index is 0.442. The molecule has 0 saturated heterocycles. The van der Waals surface area contributed by atoms with E-state index in [1.165, 1.54) is 6.20 Å². The quantitative estimate of drug-likeness (QED) is 0.228. The maximum absolute atomic E-state index is 10.4. The molecule has 1 heterocycles. The van der Waals surface area contributed by atoms with Gasteiger partial charge in [-0.1, -0.05) is 0 Å². The van der Waals surface area contributed by atoms with Crippen molar-refractivity contribution in [2.24, 2.45) is 5.73 Å². The van der Waals surface area contributed by atoms with Crippen molar-refractivity contribution in [3.05, 3.63) is 30.1 Å². The van der Waals surface area contributed by atoms with Gasteiger partial charge in [0.1, 0.15) is 24.4 Å². The van der Waals surface area contributed by atoms with E-state index in [0.29, 0.717) is 5.56 Å². The number of aliphatic hydroxyl groups excluding tert-OH is 6. The van der Waals surface area contributed by atoms with Crippen molar-refractivity contribution in [3.8, 4) is 0 Å². The molecule has 0 aromatic carbocycles. The summed E-state index contributed by atoms with van der Waals surface area (Å²) < 4.78 is 0. The fourth-order valence-corrected chi connectivity index (χ4v) is 1.57. The van der Waals surface area contributed by atoms with Gasteiger partial charge in [0.2, 0.25) is 5.91 Å². The summed E-state index contributed by atoms with van der Waals surface area (Å²) in [4.78, 5) is 24.3. The highest BCUT2D eigenvalue weighted by molar-refractivity contribution is 5.92. The molecule has 11 nitrogen and oxygen atoms in total. The maximum Gasteiger partial charge on any atom is 0.306 e. The average Bonchev–Trinajstić information content (AvgIpc) is 2.59. The first-order valence-corrected chi connectivity index (χ1v) is 7.04. The number of nitrogens with zero attached hydrogens (tertiary/aromatic N) is 1. The summed E-state index contributed by atoms with van der Waals surface area (Å²) in [6.07, 6.45) is -7.06. The molecule has 1 unspecified atom stereocenters. The number of primary amides is 1. The van der Waals surface area contributed by atoms with Gasteiger partial charge in [-0.15, -0.1) is 0 Å². The molecular formula is C14H22N2O9. The molecule has 0 radical (unpaired) electrons. The molecule has 25 heavy (non-hydrogen) atoms. The van der Waals surface area contributed by atoms with Gasteiger partial charge in [0.15, 0.2) is 0 Å². The van der Waals surface area contributed by atoms with Crippen molar-refractivity contribution in [1.82, 2.24) is 4.98 Å². The number of nitrogens with two attached hydrogens (primary N) is 1. The summed E-state index contributed by atoms with van der Waals surface area (Å²) in [5, 5.41) is 62.5. The van der Waals surface area contributed by atoms with Crippen LogP contribution in [0.3, 0.4) is 0 Å². The second kappa shape index (κ2) is 11.4. The summed E-state index contributed by atoms with van der Waals surface area (Å²) in [5.74, 6) is -1.83. The Labute approximate surface area is 142 Å². The summed E-state index contributed by atoms with van der Waals surface area (Å²) in [7, 11) is 0. The van der Waals surface area contributed by atoms with Crippen LogP contribution in [-0.4, -0.2) is 89.7 Å². The van der Waals surface area contributed by atoms with Crippen LogP contribution in [0, 0.1) is 0 Å². The van der Waals surface area contributed by atoms with Gasteiger partial charge in [-0.05, 0) is 12.1 Å². The zero-order valence-electron chi connectivity index (χ0n) is 13.1. The van der Waals surface area contributed by atoms with Gasteiger partial charge in [0.25, 0.3) is 0 Å². The van der Waals surface area contributed by atoms with Gasteiger partial charge >= 0.3 is 5.97 Å². The lowest BCUT2D eigenvalue weighted by Gasteiger charge is -2.27. The van der Waals surface area contributed by atoms with Crippen LogP contribution in [0.15, 0.2) is 24.5 Å². The first-order chi connectivity index (χ1) is 11.6. The molecule has 1 rings (SSSR count). The third kappa shape index (κ3) is 8.49. The normalized spacial score (nSPS) is 16.6. The van der Waals surface area contributed by atoms with Gasteiger partial charge in [-0.3, -0.25) is 14.6 Å². The molecule has 0 aliphatic heterocycles. The van der Waals surface area contributed by atoms with Crippen molar-refractivity contribution in [2.45, 2.75) is 36.9 Å². The zero-order valence-corrected chi connectivity index (χ0v) is 13.1. The number of carbonyl (C=O) groups is 2. The fraction of sp³-hybridized carbons (Fsp3) is 0.500. The largest absolute Gasteiger partial charge is 0.481 e. The van der Waals surface area contributed by atoms with Crippen molar-refractivity contribution >= 4 is 11.9 Å². The van der Waals surface area contributed by atoms with E-state index in [1.54, 1.807) is 18.3 Å². The molecule has 0 spiro atoms. The molecule has 1 amide bonds. The van der Waals surface area contributed by atoms with Crippen LogP contribution in [-0.2, 0) is 4.79 Å². The van der Waals surface area contributed by atoms with Crippen molar-refractivity contribution in [2.75, 3.05) is 6.61 Å². The molecule has 5 atom stereocenters. The molecule has 0 aliphatic carbocycles. The smallest absolute Gasteiger partial charge is 0.306 e.